The molecular formula is C16H13ClN4O2. The molecule has 116 valence electrons. The van der Waals surface area contributed by atoms with E-state index in [-0.39, 0.29) is 11.7 Å². The molecule has 2 N–H and O–H groups in total. The van der Waals surface area contributed by atoms with Crippen molar-refractivity contribution < 1.29 is 9.90 Å². The fourth-order valence-corrected chi connectivity index (χ4v) is 2.38. The highest BCUT2D eigenvalue weighted by Crippen LogP contribution is 2.23. The number of hydrogen-bond donors (Lipinski definition) is 2. The first kappa shape index (κ1) is 15.1. The second kappa shape index (κ2) is 6.10. The van der Waals surface area contributed by atoms with Crippen molar-refractivity contribution in [2.24, 2.45) is 0 Å². The molecule has 0 spiro atoms. The first-order chi connectivity index (χ1) is 11.0. The highest BCUT2D eigenvalue weighted by atomic mass is 35.5. The van der Waals surface area contributed by atoms with Crippen LogP contribution in [0.3, 0.4) is 0 Å². The Kier molecular flexibility index (Phi) is 3.99. The van der Waals surface area contributed by atoms with E-state index in [1.165, 1.54) is 6.07 Å². The monoisotopic (exact) mass is 328 g/mol. The number of aromatic nitrogens is 3. The number of rotatable bonds is 3. The number of phenolic OH excluding ortho intramolecular Hbond substituents is 1. The third-order valence-electron chi connectivity index (χ3n) is 3.37. The quantitative estimate of drug-likeness (QED) is 0.724. The normalized spacial score (nSPS) is 10.5. The van der Waals surface area contributed by atoms with Crippen LogP contribution in [0.15, 0.2) is 49.1 Å². The summed E-state index contributed by atoms with van der Waals surface area (Å²) in [5.41, 5.74) is 2.38. The zero-order chi connectivity index (χ0) is 16.4. The van der Waals surface area contributed by atoms with Crippen LogP contribution in [0.5, 0.6) is 5.75 Å². The van der Waals surface area contributed by atoms with Crippen LogP contribution in [0.2, 0.25) is 5.02 Å². The second-order valence-electron chi connectivity index (χ2n) is 4.99. The van der Waals surface area contributed by atoms with E-state index in [2.05, 4.69) is 15.5 Å². The van der Waals surface area contributed by atoms with Gasteiger partial charge in [-0.15, -0.1) is 10.2 Å². The van der Waals surface area contributed by atoms with Gasteiger partial charge in [-0.1, -0.05) is 11.6 Å². The summed E-state index contributed by atoms with van der Waals surface area (Å²) in [5.74, 6) is -0.144. The Morgan fingerprint density at radius 1 is 1.17 bits per heavy atom. The van der Waals surface area contributed by atoms with Crippen molar-refractivity contribution in [3.63, 3.8) is 0 Å². The van der Waals surface area contributed by atoms with Crippen molar-refractivity contribution in [1.29, 1.82) is 0 Å². The molecule has 7 heteroatoms. The van der Waals surface area contributed by atoms with Gasteiger partial charge in [-0.3, -0.25) is 9.36 Å². The van der Waals surface area contributed by atoms with Gasteiger partial charge in [0.05, 0.1) is 10.6 Å². The van der Waals surface area contributed by atoms with Gasteiger partial charge in [-0.25, -0.2) is 0 Å². The minimum absolute atomic E-state index is 0.180. The molecule has 0 aliphatic heterocycles. The van der Waals surface area contributed by atoms with Gasteiger partial charge >= 0.3 is 0 Å². The van der Waals surface area contributed by atoms with Crippen LogP contribution in [0.1, 0.15) is 15.9 Å². The molecule has 3 aromatic rings. The Balaban J connectivity index is 1.83. The number of nitrogens with one attached hydrogen (secondary N) is 1. The van der Waals surface area contributed by atoms with E-state index in [0.29, 0.717) is 21.8 Å². The van der Waals surface area contributed by atoms with Crippen LogP contribution in [0.25, 0.3) is 5.69 Å². The van der Waals surface area contributed by atoms with Crippen molar-refractivity contribution in [3.05, 3.63) is 65.2 Å². The highest BCUT2D eigenvalue weighted by molar-refractivity contribution is 6.34. The number of nitrogens with zero attached hydrogens (tertiary/aromatic N) is 3. The van der Waals surface area contributed by atoms with Crippen molar-refractivity contribution in [2.45, 2.75) is 6.92 Å². The van der Waals surface area contributed by atoms with E-state index >= 15 is 0 Å². The fraction of sp³-hybridized carbons (Fsp3) is 0.0625. The maximum absolute atomic E-state index is 12.3. The molecule has 0 unspecified atom stereocenters. The van der Waals surface area contributed by atoms with Crippen LogP contribution < -0.4 is 5.32 Å². The number of aromatic hydroxyl groups is 1. The molecule has 0 fully saturated rings. The molecular weight excluding hydrogens is 316 g/mol. The van der Waals surface area contributed by atoms with E-state index in [4.69, 9.17) is 11.6 Å². The number of hydrogen-bond acceptors (Lipinski definition) is 4. The van der Waals surface area contributed by atoms with Crippen LogP contribution in [0.4, 0.5) is 5.69 Å². The molecule has 0 saturated carbocycles. The van der Waals surface area contributed by atoms with Crippen LogP contribution in [0, 0.1) is 6.92 Å². The van der Waals surface area contributed by atoms with Gasteiger partial charge in [0, 0.05) is 11.4 Å². The van der Waals surface area contributed by atoms with Gasteiger partial charge in [-0.05, 0) is 48.9 Å². The average Bonchev–Trinajstić information content (AvgIpc) is 3.05. The van der Waals surface area contributed by atoms with Crippen LogP contribution in [-0.2, 0) is 0 Å². The van der Waals surface area contributed by atoms with Crippen LogP contribution >= 0.6 is 11.6 Å². The lowest BCUT2D eigenvalue weighted by molar-refractivity contribution is 0.102. The Morgan fingerprint density at radius 2 is 1.91 bits per heavy atom. The van der Waals surface area contributed by atoms with E-state index in [9.17, 15) is 9.90 Å². The van der Waals surface area contributed by atoms with Crippen molar-refractivity contribution in [2.75, 3.05) is 5.32 Å². The number of anilines is 1. The smallest absolute Gasteiger partial charge is 0.257 e. The molecule has 1 amide bonds. The maximum atomic E-state index is 12.3. The Morgan fingerprint density at radius 3 is 2.57 bits per heavy atom. The third-order valence-corrected chi connectivity index (χ3v) is 3.68. The second-order valence-corrected chi connectivity index (χ2v) is 5.40. The third kappa shape index (κ3) is 3.17. The maximum Gasteiger partial charge on any atom is 0.257 e. The number of aryl methyl sites for hydroxylation is 1. The summed E-state index contributed by atoms with van der Waals surface area (Å²) in [6, 6.07) is 9.91. The zero-order valence-corrected chi connectivity index (χ0v) is 12.9. The summed E-state index contributed by atoms with van der Waals surface area (Å²) >= 11 is 6.21. The minimum atomic E-state index is -0.324. The lowest BCUT2D eigenvalue weighted by atomic mass is 10.1. The molecule has 0 aliphatic rings. The number of halogens is 1. The largest absolute Gasteiger partial charge is 0.508 e. The summed E-state index contributed by atoms with van der Waals surface area (Å²) < 4.78 is 1.69. The van der Waals surface area contributed by atoms with Crippen molar-refractivity contribution in [1.82, 2.24) is 14.8 Å². The lowest BCUT2D eigenvalue weighted by Gasteiger charge is -2.09. The molecule has 6 nitrogen and oxygen atoms in total. The molecule has 0 saturated heterocycles. The summed E-state index contributed by atoms with van der Waals surface area (Å²) in [5, 5.41) is 20.0. The molecule has 23 heavy (non-hydrogen) atoms. The molecule has 1 heterocycles. The average molecular weight is 329 g/mol. The Labute approximate surface area is 137 Å². The number of carbonyl (C=O) groups excluding carboxylic acids is 1. The van der Waals surface area contributed by atoms with Crippen molar-refractivity contribution in [3.8, 4) is 11.4 Å². The zero-order valence-electron chi connectivity index (χ0n) is 12.2. The molecule has 1 aromatic heterocycles. The van der Waals surface area contributed by atoms with Gasteiger partial charge in [0.1, 0.15) is 18.4 Å². The molecule has 0 aliphatic carbocycles. The molecule has 0 bridgehead atoms. The number of amides is 1. The van der Waals surface area contributed by atoms with E-state index in [0.717, 1.165) is 5.69 Å². The molecule has 0 radical (unpaired) electrons. The fourth-order valence-electron chi connectivity index (χ4n) is 2.11. The van der Waals surface area contributed by atoms with Gasteiger partial charge in [0.25, 0.3) is 5.91 Å². The predicted octanol–water partition coefficient (Wildman–Crippen LogP) is 3.19. The Bertz CT molecular complexity index is 863. The van der Waals surface area contributed by atoms with Gasteiger partial charge in [0.15, 0.2) is 0 Å². The first-order valence-electron chi connectivity index (χ1n) is 6.80. The number of benzene rings is 2. The highest BCUT2D eigenvalue weighted by Gasteiger charge is 2.12. The summed E-state index contributed by atoms with van der Waals surface area (Å²) in [4.78, 5) is 12.3. The van der Waals surface area contributed by atoms with Crippen LogP contribution in [-0.4, -0.2) is 25.8 Å². The predicted molar refractivity (Wildman–Crippen MR) is 87.2 cm³/mol. The summed E-state index contributed by atoms with van der Waals surface area (Å²) in [6.07, 6.45) is 3.09. The van der Waals surface area contributed by atoms with Gasteiger partial charge in [-0.2, -0.15) is 0 Å². The van der Waals surface area contributed by atoms with Gasteiger partial charge < -0.3 is 10.4 Å². The first-order valence-corrected chi connectivity index (χ1v) is 7.18. The van der Waals surface area contributed by atoms with E-state index in [1.807, 2.05) is 0 Å². The molecule has 0 atom stereocenters. The Hall–Kier alpha value is -2.86. The molecule has 2 aromatic carbocycles. The number of phenols is 1. The standard InChI is InChI=1S/C16H13ClN4O2/c1-10-6-11(2-5-15(10)22)20-16(23)13-4-3-12(7-14(13)17)21-8-18-19-9-21/h2-9,22H,1H3,(H,20,23). The topological polar surface area (TPSA) is 80.0 Å². The van der Waals surface area contributed by atoms with Gasteiger partial charge in [0.2, 0.25) is 0 Å². The summed E-state index contributed by atoms with van der Waals surface area (Å²) in [7, 11) is 0. The minimum Gasteiger partial charge on any atom is -0.508 e. The molecule has 3 rings (SSSR count). The SMILES string of the molecule is Cc1cc(NC(=O)c2ccc(-n3cnnc3)cc2Cl)ccc1O. The van der Waals surface area contributed by atoms with E-state index < -0.39 is 0 Å². The van der Waals surface area contributed by atoms with E-state index in [1.54, 1.807) is 54.5 Å². The number of carbonyl (C=O) groups is 1. The lowest BCUT2D eigenvalue weighted by Crippen LogP contribution is -2.12. The van der Waals surface area contributed by atoms with Crippen molar-refractivity contribution >= 4 is 23.2 Å². The summed E-state index contributed by atoms with van der Waals surface area (Å²) in [6.45, 7) is 1.76.